The Morgan fingerprint density at radius 1 is 1.22 bits per heavy atom. The first-order valence-corrected chi connectivity index (χ1v) is 10.4. The summed E-state index contributed by atoms with van der Waals surface area (Å²) in [6.45, 7) is 4.85. The zero-order chi connectivity index (χ0) is 19.4. The molecule has 7 heteroatoms. The van der Waals surface area contributed by atoms with Crippen molar-refractivity contribution in [2.75, 3.05) is 13.7 Å². The van der Waals surface area contributed by atoms with Crippen molar-refractivity contribution in [3.05, 3.63) is 67.8 Å². The lowest BCUT2D eigenvalue weighted by Gasteiger charge is -2.16. The van der Waals surface area contributed by atoms with Gasteiger partial charge in [-0.25, -0.2) is 4.79 Å². The van der Waals surface area contributed by atoms with Gasteiger partial charge < -0.3 is 14.2 Å². The molecule has 3 aromatic heterocycles. The third-order valence-electron chi connectivity index (χ3n) is 4.44. The lowest BCUT2D eigenvalue weighted by atomic mass is 10.2. The second-order valence-corrected chi connectivity index (χ2v) is 8.22. The number of carbonyl (C=O) groups is 2. The van der Waals surface area contributed by atoms with Crippen LogP contribution in [-0.2, 0) is 22.6 Å². The molecular formula is C20H22N2O3S2. The van der Waals surface area contributed by atoms with Crippen molar-refractivity contribution in [2.24, 2.45) is 0 Å². The smallest absolute Gasteiger partial charge is 0.340 e. The number of nitrogens with zero attached hydrogens (tertiary/aromatic N) is 2. The van der Waals surface area contributed by atoms with Crippen molar-refractivity contribution in [1.29, 1.82) is 0 Å². The molecule has 3 rings (SSSR count). The van der Waals surface area contributed by atoms with E-state index in [1.165, 1.54) is 4.88 Å². The summed E-state index contributed by atoms with van der Waals surface area (Å²) in [5.74, 6) is -0.681. The van der Waals surface area contributed by atoms with Gasteiger partial charge in [0, 0.05) is 29.9 Å². The highest BCUT2D eigenvalue weighted by molar-refractivity contribution is 7.09. The normalized spacial score (nSPS) is 10.8. The number of aromatic nitrogens is 1. The molecule has 1 amide bonds. The predicted molar refractivity (Wildman–Crippen MR) is 108 cm³/mol. The molecule has 0 aliphatic carbocycles. The van der Waals surface area contributed by atoms with Gasteiger partial charge in [0.25, 0.3) is 5.91 Å². The molecule has 0 saturated carbocycles. The molecule has 0 fully saturated rings. The maximum Gasteiger partial charge on any atom is 0.340 e. The Kier molecular flexibility index (Phi) is 6.13. The molecule has 0 N–H and O–H groups in total. The van der Waals surface area contributed by atoms with E-state index < -0.39 is 5.97 Å². The number of carbonyl (C=O) groups excluding carboxylic acids is 2. The third-order valence-corrected chi connectivity index (χ3v) is 6.03. The van der Waals surface area contributed by atoms with Crippen molar-refractivity contribution >= 4 is 34.6 Å². The minimum Gasteiger partial charge on any atom is -0.452 e. The first-order valence-electron chi connectivity index (χ1n) is 8.57. The van der Waals surface area contributed by atoms with Crippen LogP contribution in [0, 0.1) is 13.8 Å². The average Bonchev–Trinajstić information content (AvgIpc) is 3.39. The van der Waals surface area contributed by atoms with E-state index in [0.717, 1.165) is 23.5 Å². The van der Waals surface area contributed by atoms with Crippen molar-refractivity contribution < 1.29 is 14.3 Å². The first kappa shape index (κ1) is 19.4. The molecule has 0 saturated heterocycles. The number of ether oxygens (including phenoxy) is 1. The summed E-state index contributed by atoms with van der Waals surface area (Å²) in [7, 11) is 1.71. The highest BCUT2D eigenvalue weighted by Gasteiger charge is 2.19. The maximum atomic E-state index is 12.5. The molecule has 0 aliphatic rings. The summed E-state index contributed by atoms with van der Waals surface area (Å²) in [6.07, 6.45) is 0. The highest BCUT2D eigenvalue weighted by atomic mass is 32.1. The lowest BCUT2D eigenvalue weighted by molar-refractivity contribution is -0.133. The number of esters is 1. The Bertz CT molecular complexity index is 912. The van der Waals surface area contributed by atoms with Gasteiger partial charge in [0.15, 0.2) is 6.61 Å². The van der Waals surface area contributed by atoms with Crippen LogP contribution in [-0.4, -0.2) is 35.0 Å². The minimum absolute atomic E-state index is 0.220. The SMILES string of the molecule is Cc1cc(C(=O)OCC(=O)N(C)Cc2ccsc2)c(C)n1Cc1cccs1. The zero-order valence-electron chi connectivity index (χ0n) is 15.6. The van der Waals surface area contributed by atoms with Crippen LogP contribution in [0.2, 0.25) is 0 Å². The van der Waals surface area contributed by atoms with Gasteiger partial charge in [0.2, 0.25) is 0 Å². The molecule has 0 aromatic carbocycles. The molecule has 0 aliphatic heterocycles. The molecule has 0 bridgehead atoms. The largest absolute Gasteiger partial charge is 0.452 e. The van der Waals surface area contributed by atoms with Crippen LogP contribution in [0.4, 0.5) is 0 Å². The molecule has 0 radical (unpaired) electrons. The van der Waals surface area contributed by atoms with Crippen molar-refractivity contribution in [1.82, 2.24) is 9.47 Å². The molecule has 3 aromatic rings. The van der Waals surface area contributed by atoms with Crippen molar-refractivity contribution in [3.63, 3.8) is 0 Å². The Morgan fingerprint density at radius 3 is 2.70 bits per heavy atom. The summed E-state index contributed by atoms with van der Waals surface area (Å²) in [5.41, 5.74) is 3.43. The average molecular weight is 403 g/mol. The molecule has 27 heavy (non-hydrogen) atoms. The van der Waals surface area contributed by atoms with Crippen LogP contribution >= 0.6 is 22.7 Å². The predicted octanol–water partition coefficient (Wildman–Crippen LogP) is 4.09. The van der Waals surface area contributed by atoms with Gasteiger partial charge >= 0.3 is 5.97 Å². The first-order chi connectivity index (χ1) is 13.0. The Labute approximate surface area is 166 Å². The minimum atomic E-state index is -0.460. The van der Waals surface area contributed by atoms with E-state index >= 15 is 0 Å². The van der Waals surface area contributed by atoms with Crippen molar-refractivity contribution in [3.8, 4) is 0 Å². The molecular weight excluding hydrogens is 380 g/mol. The van der Waals surface area contributed by atoms with E-state index in [9.17, 15) is 9.59 Å². The van der Waals surface area contributed by atoms with Crippen LogP contribution in [0.25, 0.3) is 0 Å². The van der Waals surface area contributed by atoms with Crippen LogP contribution in [0.1, 0.15) is 32.2 Å². The topological polar surface area (TPSA) is 51.5 Å². The van der Waals surface area contributed by atoms with E-state index in [1.54, 1.807) is 34.6 Å². The van der Waals surface area contributed by atoms with E-state index in [-0.39, 0.29) is 12.5 Å². The van der Waals surface area contributed by atoms with Crippen LogP contribution in [0.5, 0.6) is 0 Å². The fourth-order valence-electron chi connectivity index (χ4n) is 2.87. The molecule has 3 heterocycles. The molecule has 5 nitrogen and oxygen atoms in total. The number of thiophene rings is 2. The maximum absolute atomic E-state index is 12.5. The number of likely N-dealkylation sites (N-methyl/N-ethyl adjacent to an activating group) is 1. The molecule has 0 unspecified atom stereocenters. The van der Waals surface area contributed by atoms with E-state index in [4.69, 9.17) is 4.74 Å². The van der Waals surface area contributed by atoms with E-state index in [1.807, 2.05) is 48.2 Å². The fourth-order valence-corrected chi connectivity index (χ4v) is 4.22. The van der Waals surface area contributed by atoms with Gasteiger partial charge in [-0.05, 0) is 53.8 Å². The highest BCUT2D eigenvalue weighted by Crippen LogP contribution is 2.20. The van der Waals surface area contributed by atoms with Gasteiger partial charge in [-0.15, -0.1) is 11.3 Å². The van der Waals surface area contributed by atoms with Crippen LogP contribution < -0.4 is 0 Å². The van der Waals surface area contributed by atoms with Gasteiger partial charge in [-0.2, -0.15) is 11.3 Å². The summed E-state index contributed by atoms with van der Waals surface area (Å²) < 4.78 is 7.37. The Balaban J connectivity index is 1.60. The molecule has 142 valence electrons. The zero-order valence-corrected chi connectivity index (χ0v) is 17.2. The Morgan fingerprint density at radius 2 is 2.04 bits per heavy atom. The van der Waals surface area contributed by atoms with Gasteiger partial charge in [0.1, 0.15) is 0 Å². The van der Waals surface area contributed by atoms with Gasteiger partial charge in [0.05, 0.1) is 12.1 Å². The summed E-state index contributed by atoms with van der Waals surface area (Å²) in [5, 5.41) is 6.01. The van der Waals surface area contributed by atoms with E-state index in [2.05, 4.69) is 10.6 Å². The Hall–Kier alpha value is -2.38. The number of aryl methyl sites for hydroxylation is 1. The molecule has 0 spiro atoms. The van der Waals surface area contributed by atoms with Crippen molar-refractivity contribution in [2.45, 2.75) is 26.9 Å². The van der Waals surface area contributed by atoms with Crippen LogP contribution in [0.15, 0.2) is 40.4 Å². The van der Waals surface area contributed by atoms with E-state index in [0.29, 0.717) is 12.1 Å². The standard InChI is InChI=1S/C20H22N2O3S2/c1-14-9-18(15(2)22(14)11-17-5-4-7-27-17)20(24)25-12-19(23)21(3)10-16-6-8-26-13-16/h4-9,13H,10-12H2,1-3H3. The molecule has 0 atom stereocenters. The second kappa shape index (κ2) is 8.54. The number of amides is 1. The summed E-state index contributed by atoms with van der Waals surface area (Å²) in [4.78, 5) is 27.5. The summed E-state index contributed by atoms with van der Waals surface area (Å²) in [6, 6.07) is 7.89. The number of hydrogen-bond donors (Lipinski definition) is 0. The third kappa shape index (κ3) is 4.67. The second-order valence-electron chi connectivity index (χ2n) is 6.41. The van der Waals surface area contributed by atoms with Crippen LogP contribution in [0.3, 0.4) is 0 Å². The fraction of sp³-hybridized carbons (Fsp3) is 0.300. The number of rotatable bonds is 7. The lowest BCUT2D eigenvalue weighted by Crippen LogP contribution is -2.30. The summed E-state index contributed by atoms with van der Waals surface area (Å²) >= 11 is 3.28. The quantitative estimate of drug-likeness (QED) is 0.559. The monoisotopic (exact) mass is 402 g/mol. The van der Waals surface area contributed by atoms with Gasteiger partial charge in [-0.3, -0.25) is 4.79 Å². The number of hydrogen-bond acceptors (Lipinski definition) is 5. The van der Waals surface area contributed by atoms with Gasteiger partial charge in [-0.1, -0.05) is 6.07 Å².